The van der Waals surface area contributed by atoms with Crippen LogP contribution in [0.4, 0.5) is 0 Å². The number of halogens is 1. The fourth-order valence-corrected chi connectivity index (χ4v) is 3.51. The van der Waals surface area contributed by atoms with E-state index in [-0.39, 0.29) is 42.5 Å². The van der Waals surface area contributed by atoms with Gasteiger partial charge in [0, 0.05) is 45.6 Å². The summed E-state index contributed by atoms with van der Waals surface area (Å²) >= 11 is 0. The minimum Gasteiger partial charge on any atom is -0.490 e. The van der Waals surface area contributed by atoms with E-state index in [4.69, 9.17) is 4.74 Å². The van der Waals surface area contributed by atoms with E-state index < -0.39 is 0 Å². The molecule has 0 aliphatic carbocycles. The van der Waals surface area contributed by atoms with E-state index in [1.165, 1.54) is 0 Å². The van der Waals surface area contributed by atoms with Gasteiger partial charge in [-0.2, -0.15) is 0 Å². The summed E-state index contributed by atoms with van der Waals surface area (Å²) in [5.74, 6) is 1.92. The van der Waals surface area contributed by atoms with Crippen molar-refractivity contribution in [3.8, 4) is 5.75 Å². The Kier molecular flexibility index (Phi) is 9.17. The van der Waals surface area contributed by atoms with Gasteiger partial charge < -0.3 is 19.9 Å². The fourth-order valence-electron chi connectivity index (χ4n) is 3.51. The highest BCUT2D eigenvalue weighted by atomic mass is 127. The van der Waals surface area contributed by atoms with Crippen LogP contribution in [0.2, 0.25) is 0 Å². The van der Waals surface area contributed by atoms with Crippen molar-refractivity contribution in [2.24, 2.45) is 4.99 Å². The van der Waals surface area contributed by atoms with Gasteiger partial charge in [0.25, 0.3) is 0 Å². The molecule has 7 heteroatoms. The van der Waals surface area contributed by atoms with Gasteiger partial charge in [0.15, 0.2) is 5.96 Å². The van der Waals surface area contributed by atoms with E-state index in [1.54, 1.807) is 0 Å². The molecule has 0 unspecified atom stereocenters. The predicted molar refractivity (Wildman–Crippen MR) is 119 cm³/mol. The van der Waals surface area contributed by atoms with Crippen molar-refractivity contribution in [2.45, 2.75) is 38.7 Å². The quantitative estimate of drug-likeness (QED) is 0.395. The number of carbonyl (C=O) groups is 1. The average molecular weight is 486 g/mol. The molecule has 3 rings (SSSR count). The number of nitrogens with zero attached hydrogens (tertiary/aromatic N) is 3. The summed E-state index contributed by atoms with van der Waals surface area (Å²) < 4.78 is 6.06. The van der Waals surface area contributed by atoms with Crippen LogP contribution in [0.15, 0.2) is 35.3 Å². The predicted octanol–water partition coefficient (Wildman–Crippen LogP) is 2.74. The van der Waals surface area contributed by atoms with Crippen molar-refractivity contribution < 1.29 is 9.53 Å². The Hall–Kier alpha value is -1.51. The average Bonchev–Trinajstić information content (AvgIpc) is 3.21. The van der Waals surface area contributed by atoms with Crippen LogP contribution in [-0.4, -0.2) is 67.0 Å². The zero-order valence-electron chi connectivity index (χ0n) is 16.1. The molecule has 1 aromatic rings. The molecule has 0 radical (unpaired) electrons. The summed E-state index contributed by atoms with van der Waals surface area (Å²) in [6.45, 7) is 6.64. The highest BCUT2D eigenvalue weighted by Gasteiger charge is 2.23. The Morgan fingerprint density at radius 1 is 1.11 bits per heavy atom. The Balaban J connectivity index is 0.00000261. The lowest BCUT2D eigenvalue weighted by atomic mass is 10.1. The molecule has 0 spiro atoms. The van der Waals surface area contributed by atoms with Crippen molar-refractivity contribution in [1.29, 1.82) is 0 Å². The number of amides is 1. The summed E-state index contributed by atoms with van der Waals surface area (Å²) in [6, 6.07) is 10.00. The Morgan fingerprint density at radius 2 is 1.78 bits per heavy atom. The first-order valence-electron chi connectivity index (χ1n) is 9.79. The van der Waals surface area contributed by atoms with Crippen molar-refractivity contribution >= 4 is 35.8 Å². The molecule has 0 saturated carbocycles. The standard InChI is InChI=1S/C20H30N4O2.HI/c1-2-21-20(22-16-19(25)23-12-6-7-13-23)24-14-10-18(11-15-24)26-17-8-4-3-5-9-17;/h3-5,8-9,18H,2,6-7,10-16H2,1H3,(H,21,22);1H. The first-order valence-corrected chi connectivity index (χ1v) is 9.79. The van der Waals surface area contributed by atoms with Gasteiger partial charge in [-0.15, -0.1) is 24.0 Å². The molecule has 150 valence electrons. The van der Waals surface area contributed by atoms with E-state index in [0.717, 1.165) is 70.1 Å². The zero-order chi connectivity index (χ0) is 18.2. The van der Waals surface area contributed by atoms with Crippen LogP contribution in [0, 0.1) is 0 Å². The minimum atomic E-state index is 0. The van der Waals surface area contributed by atoms with Gasteiger partial charge in [0.1, 0.15) is 18.4 Å². The lowest BCUT2D eigenvalue weighted by molar-refractivity contribution is -0.128. The molecule has 2 fully saturated rings. The number of para-hydroxylation sites is 1. The zero-order valence-corrected chi connectivity index (χ0v) is 18.4. The number of nitrogens with one attached hydrogen (secondary N) is 1. The number of likely N-dealkylation sites (tertiary alicyclic amines) is 2. The number of benzene rings is 1. The number of guanidine groups is 1. The molecule has 2 saturated heterocycles. The SMILES string of the molecule is CCNC(=NCC(=O)N1CCCC1)N1CCC(Oc2ccccc2)CC1.I. The summed E-state index contributed by atoms with van der Waals surface area (Å²) in [7, 11) is 0. The second-order valence-electron chi connectivity index (χ2n) is 6.88. The van der Waals surface area contributed by atoms with E-state index in [9.17, 15) is 4.79 Å². The van der Waals surface area contributed by atoms with Crippen LogP contribution in [0.25, 0.3) is 0 Å². The van der Waals surface area contributed by atoms with Gasteiger partial charge in [-0.25, -0.2) is 4.99 Å². The summed E-state index contributed by atoms with van der Waals surface area (Å²) in [6.07, 6.45) is 4.39. The van der Waals surface area contributed by atoms with Crippen LogP contribution >= 0.6 is 24.0 Å². The molecule has 27 heavy (non-hydrogen) atoms. The number of piperidine rings is 1. The molecule has 0 atom stereocenters. The molecule has 1 N–H and O–H groups in total. The number of hydrogen-bond acceptors (Lipinski definition) is 3. The van der Waals surface area contributed by atoms with Gasteiger partial charge in [-0.1, -0.05) is 18.2 Å². The number of hydrogen-bond donors (Lipinski definition) is 1. The van der Waals surface area contributed by atoms with Crippen LogP contribution in [-0.2, 0) is 4.79 Å². The maximum atomic E-state index is 12.2. The highest BCUT2D eigenvalue weighted by Crippen LogP contribution is 2.18. The third-order valence-electron chi connectivity index (χ3n) is 4.95. The van der Waals surface area contributed by atoms with Gasteiger partial charge in [-0.05, 0) is 31.9 Å². The summed E-state index contributed by atoms with van der Waals surface area (Å²) in [5, 5.41) is 3.33. The molecule has 1 amide bonds. The summed E-state index contributed by atoms with van der Waals surface area (Å²) in [4.78, 5) is 21.0. The molecule has 0 aromatic heterocycles. The van der Waals surface area contributed by atoms with Crippen LogP contribution in [0.5, 0.6) is 5.75 Å². The minimum absolute atomic E-state index is 0. The lowest BCUT2D eigenvalue weighted by Gasteiger charge is -2.34. The fraction of sp³-hybridized carbons (Fsp3) is 0.600. The first kappa shape index (κ1) is 21.8. The second kappa shape index (κ2) is 11.4. The molecule has 2 heterocycles. The van der Waals surface area contributed by atoms with Gasteiger partial charge >= 0.3 is 0 Å². The molecule has 1 aromatic carbocycles. The number of aliphatic imine (C=N–C) groups is 1. The van der Waals surface area contributed by atoms with Crippen LogP contribution in [0.1, 0.15) is 32.6 Å². The van der Waals surface area contributed by atoms with E-state index >= 15 is 0 Å². The van der Waals surface area contributed by atoms with Crippen molar-refractivity contribution in [1.82, 2.24) is 15.1 Å². The Morgan fingerprint density at radius 3 is 2.41 bits per heavy atom. The number of rotatable bonds is 5. The Labute approximate surface area is 179 Å². The van der Waals surface area contributed by atoms with Crippen molar-refractivity contribution in [2.75, 3.05) is 39.3 Å². The Bertz CT molecular complexity index is 597. The smallest absolute Gasteiger partial charge is 0.244 e. The molecule has 2 aliphatic rings. The molecule has 0 bridgehead atoms. The topological polar surface area (TPSA) is 57.2 Å². The number of carbonyl (C=O) groups excluding carboxylic acids is 1. The van der Waals surface area contributed by atoms with Crippen molar-refractivity contribution in [3.05, 3.63) is 30.3 Å². The molecular weight excluding hydrogens is 455 g/mol. The highest BCUT2D eigenvalue weighted by molar-refractivity contribution is 14.0. The normalized spacial score (nSPS) is 18.2. The van der Waals surface area contributed by atoms with E-state index in [1.807, 2.05) is 35.2 Å². The third kappa shape index (κ3) is 6.55. The molecular formula is C20H31IN4O2. The largest absolute Gasteiger partial charge is 0.490 e. The maximum absolute atomic E-state index is 12.2. The summed E-state index contributed by atoms with van der Waals surface area (Å²) in [5.41, 5.74) is 0. The number of ether oxygens (including phenoxy) is 1. The van der Waals surface area contributed by atoms with E-state index in [0.29, 0.717) is 0 Å². The second-order valence-corrected chi connectivity index (χ2v) is 6.88. The van der Waals surface area contributed by atoms with Gasteiger partial charge in [-0.3, -0.25) is 4.79 Å². The first-order chi connectivity index (χ1) is 12.8. The van der Waals surface area contributed by atoms with E-state index in [2.05, 4.69) is 22.1 Å². The monoisotopic (exact) mass is 486 g/mol. The molecule has 6 nitrogen and oxygen atoms in total. The maximum Gasteiger partial charge on any atom is 0.244 e. The third-order valence-corrected chi connectivity index (χ3v) is 4.95. The van der Waals surface area contributed by atoms with Crippen LogP contribution in [0.3, 0.4) is 0 Å². The van der Waals surface area contributed by atoms with Crippen LogP contribution < -0.4 is 10.1 Å². The lowest BCUT2D eigenvalue weighted by Crippen LogP contribution is -2.48. The van der Waals surface area contributed by atoms with Crippen molar-refractivity contribution in [3.63, 3.8) is 0 Å². The molecule has 2 aliphatic heterocycles. The van der Waals surface area contributed by atoms with Gasteiger partial charge in [0.2, 0.25) is 5.91 Å². The van der Waals surface area contributed by atoms with Gasteiger partial charge in [0.05, 0.1) is 0 Å².